The third-order valence-electron chi connectivity index (χ3n) is 5.90. The van der Waals surface area contributed by atoms with E-state index in [0.717, 1.165) is 33.3 Å². The molecule has 0 saturated carbocycles. The van der Waals surface area contributed by atoms with Crippen molar-refractivity contribution < 1.29 is 0 Å². The maximum atomic E-state index is 12.9. The zero-order valence-corrected chi connectivity index (χ0v) is 20.2. The van der Waals surface area contributed by atoms with E-state index in [4.69, 9.17) is 12.2 Å². The highest BCUT2D eigenvalue weighted by Crippen LogP contribution is 2.20. The van der Waals surface area contributed by atoms with Crippen molar-refractivity contribution in [3.63, 3.8) is 0 Å². The van der Waals surface area contributed by atoms with Crippen molar-refractivity contribution in [2.45, 2.75) is 40.8 Å². The summed E-state index contributed by atoms with van der Waals surface area (Å²) in [6.07, 6.45) is 3.57. The molecule has 0 fully saturated rings. The molecule has 33 heavy (non-hydrogen) atoms. The fourth-order valence-electron chi connectivity index (χ4n) is 3.90. The summed E-state index contributed by atoms with van der Waals surface area (Å²) in [4.78, 5) is 22.2. The van der Waals surface area contributed by atoms with Crippen molar-refractivity contribution in [3.8, 4) is 0 Å². The standard InChI is InChI=1S/C27H28N4OS/c1-17-7-8-24(20(4)10-17)30-27(33)31(15-21-6-5-9-28-14-21)16-23-13-22-11-18(2)19(3)12-25(22)29-26(23)32/h5-14H,15-16H2,1-4H3,(H,29,32)(H,30,33). The Morgan fingerprint density at radius 1 is 1.00 bits per heavy atom. The zero-order chi connectivity index (χ0) is 23.5. The van der Waals surface area contributed by atoms with E-state index < -0.39 is 0 Å². The second-order valence-corrected chi connectivity index (χ2v) is 9.00. The van der Waals surface area contributed by atoms with Crippen molar-refractivity contribution >= 4 is 33.9 Å². The minimum absolute atomic E-state index is 0.101. The van der Waals surface area contributed by atoms with Crippen LogP contribution in [0.2, 0.25) is 0 Å². The lowest BCUT2D eigenvalue weighted by atomic mass is 10.0. The fourth-order valence-corrected chi connectivity index (χ4v) is 4.14. The molecule has 2 aromatic heterocycles. The predicted molar refractivity (Wildman–Crippen MR) is 140 cm³/mol. The Balaban J connectivity index is 1.67. The van der Waals surface area contributed by atoms with Gasteiger partial charge >= 0.3 is 0 Å². The molecule has 4 rings (SSSR count). The molecule has 6 heteroatoms. The number of thiocarbonyl (C=S) groups is 1. The Labute approximate surface area is 199 Å². The number of aromatic nitrogens is 2. The Bertz CT molecular complexity index is 1380. The van der Waals surface area contributed by atoms with Crippen LogP contribution in [0.3, 0.4) is 0 Å². The highest BCUT2D eigenvalue weighted by molar-refractivity contribution is 7.80. The van der Waals surface area contributed by atoms with E-state index >= 15 is 0 Å². The molecule has 2 heterocycles. The summed E-state index contributed by atoms with van der Waals surface area (Å²) < 4.78 is 0. The molecule has 0 atom stereocenters. The number of hydrogen-bond donors (Lipinski definition) is 2. The summed E-state index contributed by atoms with van der Waals surface area (Å²) in [6.45, 7) is 9.17. The first kappa shape index (κ1) is 22.7. The Hall–Kier alpha value is -3.51. The van der Waals surface area contributed by atoms with E-state index in [2.05, 4.69) is 54.3 Å². The first-order chi connectivity index (χ1) is 15.8. The SMILES string of the molecule is Cc1ccc(NC(=S)N(Cc2cccnc2)Cc2cc3cc(C)c(C)cc3[nH]c2=O)c(C)c1. The molecule has 2 N–H and O–H groups in total. The van der Waals surface area contributed by atoms with Crippen LogP contribution < -0.4 is 10.9 Å². The van der Waals surface area contributed by atoms with E-state index in [1.807, 2.05) is 48.4 Å². The van der Waals surface area contributed by atoms with E-state index in [0.29, 0.717) is 23.8 Å². The molecule has 0 aliphatic heterocycles. The topological polar surface area (TPSA) is 61.0 Å². The van der Waals surface area contributed by atoms with Gasteiger partial charge in [0.05, 0.1) is 6.54 Å². The van der Waals surface area contributed by atoms with E-state index in [1.54, 1.807) is 6.20 Å². The van der Waals surface area contributed by atoms with Gasteiger partial charge in [-0.1, -0.05) is 23.8 Å². The van der Waals surface area contributed by atoms with Crippen LogP contribution in [0.1, 0.15) is 33.4 Å². The number of pyridine rings is 2. The number of anilines is 1. The number of aromatic amines is 1. The van der Waals surface area contributed by atoms with E-state index in [-0.39, 0.29) is 5.56 Å². The maximum Gasteiger partial charge on any atom is 0.253 e. The number of nitrogens with zero attached hydrogens (tertiary/aromatic N) is 2. The summed E-state index contributed by atoms with van der Waals surface area (Å²) in [5.41, 5.74) is 8.06. The molecule has 0 amide bonds. The average Bonchev–Trinajstić information content (AvgIpc) is 2.78. The number of aryl methyl sites for hydroxylation is 4. The highest BCUT2D eigenvalue weighted by atomic mass is 32.1. The minimum Gasteiger partial charge on any atom is -0.340 e. The number of H-pyrrole nitrogens is 1. The van der Waals surface area contributed by atoms with Gasteiger partial charge in [0.2, 0.25) is 0 Å². The van der Waals surface area contributed by atoms with Gasteiger partial charge in [0.15, 0.2) is 5.11 Å². The molecule has 0 spiro atoms. The third kappa shape index (κ3) is 5.29. The van der Waals surface area contributed by atoms with Gasteiger partial charge < -0.3 is 15.2 Å². The van der Waals surface area contributed by atoms with Gasteiger partial charge in [-0.2, -0.15) is 0 Å². The van der Waals surface area contributed by atoms with Gasteiger partial charge in [-0.15, -0.1) is 0 Å². The first-order valence-electron chi connectivity index (χ1n) is 11.0. The monoisotopic (exact) mass is 456 g/mol. The van der Waals surface area contributed by atoms with Gasteiger partial charge in [-0.05, 0) is 97.9 Å². The third-order valence-corrected chi connectivity index (χ3v) is 6.26. The Morgan fingerprint density at radius 3 is 2.52 bits per heavy atom. The molecule has 0 bridgehead atoms. The van der Waals surface area contributed by atoms with Gasteiger partial charge in [-0.25, -0.2) is 0 Å². The molecule has 0 unspecified atom stereocenters. The second kappa shape index (κ2) is 9.55. The molecule has 0 radical (unpaired) electrons. The lowest BCUT2D eigenvalue weighted by Gasteiger charge is -2.26. The van der Waals surface area contributed by atoms with Crippen molar-refractivity contribution in [2.24, 2.45) is 0 Å². The van der Waals surface area contributed by atoms with Crippen molar-refractivity contribution in [1.29, 1.82) is 0 Å². The van der Waals surface area contributed by atoms with Crippen LogP contribution in [-0.2, 0) is 13.1 Å². The molecule has 0 saturated heterocycles. The second-order valence-electron chi connectivity index (χ2n) is 8.61. The highest BCUT2D eigenvalue weighted by Gasteiger charge is 2.15. The summed E-state index contributed by atoms with van der Waals surface area (Å²) >= 11 is 5.81. The van der Waals surface area contributed by atoms with Gasteiger partial charge in [0.1, 0.15) is 0 Å². The normalized spacial score (nSPS) is 10.9. The molecule has 168 valence electrons. The lowest BCUT2D eigenvalue weighted by molar-refractivity contribution is 0.410. The lowest BCUT2D eigenvalue weighted by Crippen LogP contribution is -2.35. The molecular formula is C27H28N4OS. The van der Waals surface area contributed by atoms with E-state index in [9.17, 15) is 4.79 Å². The van der Waals surface area contributed by atoms with Crippen LogP contribution >= 0.6 is 12.2 Å². The Morgan fingerprint density at radius 2 is 1.79 bits per heavy atom. The molecule has 0 aliphatic rings. The van der Waals surface area contributed by atoms with Crippen molar-refractivity contribution in [1.82, 2.24) is 14.9 Å². The summed E-state index contributed by atoms with van der Waals surface area (Å²) in [5, 5.41) is 4.95. The molecular weight excluding hydrogens is 428 g/mol. The summed E-state index contributed by atoms with van der Waals surface area (Å²) in [6, 6.07) is 16.2. The molecule has 5 nitrogen and oxygen atoms in total. The first-order valence-corrected chi connectivity index (χ1v) is 11.4. The number of hydrogen-bond acceptors (Lipinski definition) is 3. The maximum absolute atomic E-state index is 12.9. The van der Waals surface area contributed by atoms with Crippen LogP contribution in [0.4, 0.5) is 5.69 Å². The number of nitrogens with one attached hydrogen (secondary N) is 2. The van der Waals surface area contributed by atoms with Gasteiger partial charge in [0, 0.05) is 35.7 Å². The quantitative estimate of drug-likeness (QED) is 0.385. The van der Waals surface area contributed by atoms with Gasteiger partial charge in [-0.3, -0.25) is 9.78 Å². The van der Waals surface area contributed by atoms with Crippen molar-refractivity contribution in [3.05, 3.63) is 105 Å². The van der Waals surface area contributed by atoms with Crippen molar-refractivity contribution in [2.75, 3.05) is 5.32 Å². The minimum atomic E-state index is -0.101. The smallest absolute Gasteiger partial charge is 0.253 e. The van der Waals surface area contributed by atoms with Crippen LogP contribution in [0.5, 0.6) is 0 Å². The number of rotatable bonds is 5. The van der Waals surface area contributed by atoms with Crippen LogP contribution in [0.15, 0.2) is 65.7 Å². The Kier molecular flexibility index (Phi) is 6.56. The zero-order valence-electron chi connectivity index (χ0n) is 19.4. The predicted octanol–water partition coefficient (Wildman–Crippen LogP) is 5.56. The number of benzene rings is 2. The molecule has 0 aliphatic carbocycles. The summed E-state index contributed by atoms with van der Waals surface area (Å²) in [7, 11) is 0. The largest absolute Gasteiger partial charge is 0.340 e. The van der Waals surface area contributed by atoms with Crippen LogP contribution in [-0.4, -0.2) is 20.0 Å². The van der Waals surface area contributed by atoms with E-state index in [1.165, 1.54) is 11.1 Å². The molecule has 2 aromatic carbocycles. The summed E-state index contributed by atoms with van der Waals surface area (Å²) in [5.74, 6) is 0. The number of fused-ring (bicyclic) bond motifs is 1. The van der Waals surface area contributed by atoms with Crippen LogP contribution in [0.25, 0.3) is 10.9 Å². The van der Waals surface area contributed by atoms with Gasteiger partial charge in [0.25, 0.3) is 5.56 Å². The average molecular weight is 457 g/mol. The molecule has 4 aromatic rings. The fraction of sp³-hybridized carbons (Fsp3) is 0.222. The van der Waals surface area contributed by atoms with Crippen LogP contribution in [0, 0.1) is 27.7 Å².